The highest BCUT2D eigenvalue weighted by atomic mass is 79.9. The van der Waals surface area contributed by atoms with E-state index >= 15 is 0 Å². The van der Waals surface area contributed by atoms with Crippen LogP contribution in [0.2, 0.25) is 0 Å². The Morgan fingerprint density at radius 2 is 1.69 bits per heavy atom. The van der Waals surface area contributed by atoms with Gasteiger partial charge in [0.2, 0.25) is 0 Å². The Bertz CT molecular complexity index is 780. The summed E-state index contributed by atoms with van der Waals surface area (Å²) in [5.74, 6) is 0.227. The highest BCUT2D eigenvalue weighted by Gasteiger charge is 2.08. The fourth-order valence-corrected chi connectivity index (χ4v) is 2.69. The van der Waals surface area contributed by atoms with Gasteiger partial charge >= 0.3 is 0 Å². The monoisotopic (exact) mass is 420 g/mol. The molecule has 0 atom stereocenters. The number of benzene rings is 2. The Labute approximate surface area is 161 Å². The quantitative estimate of drug-likeness (QED) is 0.675. The Hall–Kier alpha value is -2.54. The molecule has 0 aliphatic heterocycles. The lowest BCUT2D eigenvalue weighted by molar-refractivity contribution is -0.131. The predicted octanol–water partition coefficient (Wildman–Crippen LogP) is 2.93. The maximum atomic E-state index is 11.7. The first-order chi connectivity index (χ1) is 12.5. The van der Waals surface area contributed by atoms with Gasteiger partial charge < -0.3 is 9.47 Å². The average Bonchev–Trinajstić information content (AvgIpc) is 2.64. The van der Waals surface area contributed by atoms with E-state index in [0.717, 1.165) is 22.0 Å². The van der Waals surface area contributed by atoms with Crippen LogP contribution in [0, 0.1) is 6.92 Å². The number of nitrogens with one attached hydrogen (secondary N) is 2. The fraction of sp³-hybridized carbons (Fsp3) is 0.263. The second-order valence-electron chi connectivity index (χ2n) is 5.61. The van der Waals surface area contributed by atoms with Crippen molar-refractivity contribution in [2.75, 3.05) is 13.2 Å². The zero-order chi connectivity index (χ0) is 18.9. The third-order valence-corrected chi connectivity index (χ3v) is 4.08. The minimum absolute atomic E-state index is 0.197. The van der Waals surface area contributed by atoms with Crippen LogP contribution < -0.4 is 20.3 Å². The number of carbonyl (C=O) groups is 2. The van der Waals surface area contributed by atoms with E-state index in [-0.39, 0.29) is 13.2 Å². The number of ether oxygens (including phenoxy) is 2. The van der Waals surface area contributed by atoms with E-state index in [4.69, 9.17) is 9.47 Å². The molecule has 0 aliphatic carbocycles. The van der Waals surface area contributed by atoms with Crippen molar-refractivity contribution < 1.29 is 19.1 Å². The molecule has 0 heterocycles. The highest BCUT2D eigenvalue weighted by molar-refractivity contribution is 9.10. The number of rotatable bonds is 7. The van der Waals surface area contributed by atoms with E-state index in [1.165, 1.54) is 0 Å². The minimum Gasteiger partial charge on any atom is -0.484 e. The van der Waals surface area contributed by atoms with Crippen LogP contribution in [0.15, 0.2) is 46.9 Å². The van der Waals surface area contributed by atoms with Crippen molar-refractivity contribution >= 4 is 27.7 Å². The van der Waals surface area contributed by atoms with Gasteiger partial charge in [0.1, 0.15) is 11.5 Å². The molecule has 0 aromatic heterocycles. The molecule has 0 aliphatic rings. The third kappa shape index (κ3) is 6.40. The van der Waals surface area contributed by atoms with E-state index in [2.05, 4.69) is 26.8 Å². The molecule has 0 fully saturated rings. The van der Waals surface area contributed by atoms with Gasteiger partial charge in [-0.05, 0) is 64.7 Å². The molecule has 0 spiro atoms. The van der Waals surface area contributed by atoms with Crippen LogP contribution in [0.25, 0.3) is 0 Å². The van der Waals surface area contributed by atoms with Gasteiger partial charge in [-0.3, -0.25) is 20.4 Å². The maximum absolute atomic E-state index is 11.7. The van der Waals surface area contributed by atoms with Crippen LogP contribution in [0.5, 0.6) is 11.5 Å². The Morgan fingerprint density at radius 3 is 2.35 bits per heavy atom. The molecule has 26 heavy (non-hydrogen) atoms. The summed E-state index contributed by atoms with van der Waals surface area (Å²) >= 11 is 3.37. The summed E-state index contributed by atoms with van der Waals surface area (Å²) < 4.78 is 11.6. The number of hydrogen-bond acceptors (Lipinski definition) is 4. The van der Waals surface area contributed by atoms with Gasteiger partial charge in [-0.15, -0.1) is 0 Å². The van der Waals surface area contributed by atoms with E-state index in [9.17, 15) is 9.59 Å². The first-order valence-electron chi connectivity index (χ1n) is 8.16. The molecule has 0 radical (unpaired) electrons. The third-order valence-electron chi connectivity index (χ3n) is 3.46. The van der Waals surface area contributed by atoms with Crippen molar-refractivity contribution in [1.82, 2.24) is 10.9 Å². The van der Waals surface area contributed by atoms with Gasteiger partial charge in [0.25, 0.3) is 11.8 Å². The molecule has 0 saturated heterocycles. The largest absolute Gasteiger partial charge is 0.484 e. The lowest BCUT2D eigenvalue weighted by Gasteiger charge is -2.11. The van der Waals surface area contributed by atoms with E-state index in [1.807, 2.05) is 44.2 Å². The summed E-state index contributed by atoms with van der Waals surface area (Å²) in [6.07, 6.45) is 0.885. The summed E-state index contributed by atoms with van der Waals surface area (Å²) in [7, 11) is 0. The number of aryl methyl sites for hydroxylation is 2. The van der Waals surface area contributed by atoms with E-state index in [0.29, 0.717) is 11.5 Å². The number of halogens is 1. The lowest BCUT2D eigenvalue weighted by atomic mass is 10.2. The van der Waals surface area contributed by atoms with E-state index in [1.54, 1.807) is 12.1 Å². The van der Waals surface area contributed by atoms with Crippen LogP contribution in [0.3, 0.4) is 0 Å². The van der Waals surface area contributed by atoms with E-state index < -0.39 is 11.8 Å². The van der Waals surface area contributed by atoms with Crippen LogP contribution in [-0.4, -0.2) is 25.0 Å². The topological polar surface area (TPSA) is 76.7 Å². The number of carbonyl (C=O) groups excluding carboxylic acids is 2. The molecule has 2 N–H and O–H groups in total. The van der Waals surface area contributed by atoms with Gasteiger partial charge in [-0.2, -0.15) is 0 Å². The zero-order valence-electron chi connectivity index (χ0n) is 14.7. The number of hydrazine groups is 1. The summed E-state index contributed by atoms with van der Waals surface area (Å²) in [6.45, 7) is 3.58. The predicted molar refractivity (Wildman–Crippen MR) is 102 cm³/mol. The molecule has 2 aromatic carbocycles. The first kappa shape index (κ1) is 19.8. The van der Waals surface area contributed by atoms with Crippen molar-refractivity contribution in [1.29, 1.82) is 0 Å². The molecule has 138 valence electrons. The molecule has 0 unspecified atom stereocenters. The van der Waals surface area contributed by atoms with Crippen molar-refractivity contribution in [2.45, 2.75) is 20.3 Å². The Morgan fingerprint density at radius 1 is 1.00 bits per heavy atom. The Balaban J connectivity index is 1.70. The van der Waals surface area contributed by atoms with Crippen LogP contribution in [0.4, 0.5) is 0 Å². The maximum Gasteiger partial charge on any atom is 0.276 e. The molecule has 6 nitrogen and oxygen atoms in total. The minimum atomic E-state index is -0.473. The molecule has 0 bridgehead atoms. The smallest absolute Gasteiger partial charge is 0.276 e. The lowest BCUT2D eigenvalue weighted by Crippen LogP contribution is -2.45. The highest BCUT2D eigenvalue weighted by Crippen LogP contribution is 2.25. The van der Waals surface area contributed by atoms with Crippen molar-refractivity contribution in [3.05, 3.63) is 58.1 Å². The molecule has 2 amide bonds. The van der Waals surface area contributed by atoms with Crippen LogP contribution in [-0.2, 0) is 16.0 Å². The SMILES string of the molecule is CCc1cccc(OCC(=O)NNC(=O)COc2ccc(C)cc2Br)c1. The van der Waals surface area contributed by atoms with Crippen molar-refractivity contribution in [3.63, 3.8) is 0 Å². The average molecular weight is 421 g/mol. The summed E-state index contributed by atoms with van der Waals surface area (Å²) in [6, 6.07) is 13.0. The molecular formula is C19H21BrN2O4. The molecule has 2 rings (SSSR count). The molecule has 2 aromatic rings. The van der Waals surface area contributed by atoms with Crippen molar-refractivity contribution in [2.24, 2.45) is 0 Å². The van der Waals surface area contributed by atoms with Gasteiger partial charge in [0.15, 0.2) is 13.2 Å². The first-order valence-corrected chi connectivity index (χ1v) is 8.95. The second-order valence-corrected chi connectivity index (χ2v) is 6.46. The normalized spacial score (nSPS) is 10.1. The van der Waals surface area contributed by atoms with Crippen molar-refractivity contribution in [3.8, 4) is 11.5 Å². The van der Waals surface area contributed by atoms with Crippen LogP contribution in [0.1, 0.15) is 18.1 Å². The standard InChI is InChI=1S/C19H21BrN2O4/c1-3-14-5-4-6-15(10-14)25-11-18(23)21-22-19(24)12-26-17-8-7-13(2)9-16(17)20/h4-10H,3,11-12H2,1-2H3,(H,21,23)(H,22,24). The number of hydrogen-bond donors (Lipinski definition) is 2. The zero-order valence-corrected chi connectivity index (χ0v) is 16.3. The van der Waals surface area contributed by atoms with Gasteiger partial charge in [-0.25, -0.2) is 0 Å². The summed E-state index contributed by atoms with van der Waals surface area (Å²) in [4.78, 5) is 23.5. The molecular weight excluding hydrogens is 400 g/mol. The van der Waals surface area contributed by atoms with Gasteiger partial charge in [0.05, 0.1) is 4.47 Å². The van der Waals surface area contributed by atoms with Gasteiger partial charge in [-0.1, -0.05) is 25.1 Å². The van der Waals surface area contributed by atoms with Crippen LogP contribution >= 0.6 is 15.9 Å². The fourth-order valence-electron chi connectivity index (χ4n) is 2.08. The Kier molecular flexibility index (Phi) is 7.47. The summed E-state index contributed by atoms with van der Waals surface area (Å²) in [5.41, 5.74) is 6.77. The second kappa shape index (κ2) is 9.82. The molecule has 0 saturated carbocycles. The van der Waals surface area contributed by atoms with Gasteiger partial charge in [0, 0.05) is 0 Å². The summed E-state index contributed by atoms with van der Waals surface area (Å²) in [5, 5.41) is 0. The number of amides is 2. The molecule has 7 heteroatoms.